The van der Waals surface area contributed by atoms with Gasteiger partial charge >= 0.3 is 6.03 Å². The molecule has 1 saturated heterocycles. The Morgan fingerprint density at radius 3 is 2.31 bits per heavy atom. The maximum atomic E-state index is 12.7. The third kappa shape index (κ3) is 4.64. The molecule has 0 radical (unpaired) electrons. The summed E-state index contributed by atoms with van der Waals surface area (Å²) in [6.07, 6.45) is 0. The first kappa shape index (κ1) is 20.9. The second kappa shape index (κ2) is 8.97. The number of piperazine rings is 1. The number of carbonyl (C=O) groups excluding carboxylic acids is 1. The van der Waals surface area contributed by atoms with Crippen LogP contribution in [0.1, 0.15) is 26.3 Å². The summed E-state index contributed by atoms with van der Waals surface area (Å²) in [5.41, 5.74) is 0.476. The number of amides is 2. The summed E-state index contributed by atoms with van der Waals surface area (Å²) in [6.45, 7) is 10.1. The predicted molar refractivity (Wildman–Crippen MR) is 110 cm³/mol. The van der Waals surface area contributed by atoms with Crippen LogP contribution in [0.2, 0.25) is 0 Å². The maximum absolute atomic E-state index is 12.7. The molecule has 26 heavy (non-hydrogen) atoms. The Balaban J connectivity index is 2.06. The summed E-state index contributed by atoms with van der Waals surface area (Å²) < 4.78 is 1.00. The lowest BCUT2D eigenvalue weighted by Gasteiger charge is -2.38. The van der Waals surface area contributed by atoms with Crippen molar-refractivity contribution < 1.29 is 4.79 Å². The maximum Gasteiger partial charge on any atom is 0.322 e. The van der Waals surface area contributed by atoms with Crippen LogP contribution in [0.15, 0.2) is 28.7 Å². The van der Waals surface area contributed by atoms with Crippen molar-refractivity contribution in [2.45, 2.75) is 26.2 Å². The molecule has 3 N–H and O–H groups in total. The summed E-state index contributed by atoms with van der Waals surface area (Å²) in [4.78, 5) is 16.7. The first-order valence-corrected chi connectivity index (χ1v) is 9.86. The van der Waals surface area contributed by atoms with Gasteiger partial charge in [-0.1, -0.05) is 41.9 Å². The van der Waals surface area contributed by atoms with Crippen LogP contribution in [0.5, 0.6) is 0 Å². The minimum Gasteiger partial charge on any atom is -0.322 e. The number of carbonyl (C=O) groups is 1. The first-order valence-electron chi connectivity index (χ1n) is 9.07. The van der Waals surface area contributed by atoms with Gasteiger partial charge in [0.25, 0.3) is 0 Å². The molecule has 1 aliphatic heterocycles. The van der Waals surface area contributed by atoms with Gasteiger partial charge in [0, 0.05) is 37.3 Å². The smallest absolute Gasteiger partial charge is 0.322 e. The molecule has 7 heteroatoms. The van der Waals surface area contributed by atoms with E-state index in [1.165, 1.54) is 0 Å². The van der Waals surface area contributed by atoms with Crippen LogP contribution >= 0.6 is 15.9 Å². The van der Waals surface area contributed by atoms with Crippen molar-refractivity contribution in [1.82, 2.24) is 20.4 Å². The predicted octanol–water partition coefficient (Wildman–Crippen LogP) is 2.84. The quantitative estimate of drug-likeness (QED) is 0.503. The third-order valence-electron chi connectivity index (χ3n) is 5.39. The summed E-state index contributed by atoms with van der Waals surface area (Å²) >= 11 is 3.46. The molecule has 0 bridgehead atoms. The number of hydrogen-bond acceptors (Lipinski definition) is 4. The molecule has 1 aliphatic rings. The number of halogens is 1. The molecule has 0 saturated carbocycles. The summed E-state index contributed by atoms with van der Waals surface area (Å²) in [7, 11) is 1.93. The Morgan fingerprint density at radius 1 is 1.23 bits per heavy atom. The Kier molecular flexibility index (Phi) is 7.20. The number of nitrogens with zero attached hydrogens (tertiary/aromatic N) is 2. The van der Waals surface area contributed by atoms with Gasteiger partial charge in [-0.05, 0) is 37.6 Å². The molecule has 144 valence electrons. The van der Waals surface area contributed by atoms with Crippen molar-refractivity contribution in [3.63, 3.8) is 0 Å². The standard InChI is InChI=1S/C19H30BrN5O/c1-14(2)19(3,15-5-7-16(20)8-6-15)17(21)23-18(26)25-11-9-24(10-12-25)13-22-4/h5-8,14,22H,9-13H2,1-4H3,(H2,21,23,26). The summed E-state index contributed by atoms with van der Waals surface area (Å²) in [6, 6.07) is 7.81. The van der Waals surface area contributed by atoms with Gasteiger partial charge in [-0.3, -0.25) is 15.6 Å². The van der Waals surface area contributed by atoms with Crippen LogP contribution < -0.4 is 10.6 Å². The van der Waals surface area contributed by atoms with Crippen LogP contribution in [0.4, 0.5) is 4.79 Å². The van der Waals surface area contributed by atoms with E-state index in [-0.39, 0.29) is 17.8 Å². The zero-order chi connectivity index (χ0) is 19.3. The molecule has 1 unspecified atom stereocenters. The zero-order valence-electron chi connectivity index (χ0n) is 16.1. The molecule has 2 amide bonds. The minimum atomic E-state index is -0.551. The van der Waals surface area contributed by atoms with E-state index in [4.69, 9.17) is 5.41 Å². The Hall–Kier alpha value is -1.44. The highest BCUT2D eigenvalue weighted by Gasteiger charge is 2.37. The molecule has 0 aliphatic carbocycles. The van der Waals surface area contributed by atoms with Gasteiger partial charge in [-0.25, -0.2) is 4.79 Å². The average Bonchev–Trinajstić information content (AvgIpc) is 2.62. The van der Waals surface area contributed by atoms with Crippen LogP contribution in [-0.2, 0) is 5.41 Å². The molecule has 1 aromatic carbocycles. The van der Waals surface area contributed by atoms with E-state index in [0.29, 0.717) is 13.1 Å². The molecule has 1 atom stereocenters. The average molecular weight is 424 g/mol. The normalized spacial score (nSPS) is 17.8. The lowest BCUT2D eigenvalue weighted by atomic mass is 9.72. The third-order valence-corrected chi connectivity index (χ3v) is 5.92. The zero-order valence-corrected chi connectivity index (χ0v) is 17.7. The number of rotatable bonds is 5. The van der Waals surface area contributed by atoms with E-state index in [1.54, 1.807) is 4.90 Å². The van der Waals surface area contributed by atoms with Crippen molar-refractivity contribution in [2.75, 3.05) is 39.9 Å². The number of nitrogens with one attached hydrogen (secondary N) is 3. The molecule has 1 fully saturated rings. The number of urea groups is 1. The lowest BCUT2D eigenvalue weighted by Crippen LogP contribution is -2.56. The van der Waals surface area contributed by atoms with Crippen molar-refractivity contribution in [3.8, 4) is 0 Å². The van der Waals surface area contributed by atoms with Crippen molar-refractivity contribution >= 4 is 27.8 Å². The van der Waals surface area contributed by atoms with Crippen LogP contribution in [-0.4, -0.2) is 61.6 Å². The number of hydrogen-bond donors (Lipinski definition) is 3. The van der Waals surface area contributed by atoms with E-state index >= 15 is 0 Å². The van der Waals surface area contributed by atoms with Gasteiger partial charge in [0.05, 0.1) is 5.41 Å². The SMILES string of the molecule is CNCN1CCN(C(=O)NC(=N)C(C)(c2ccc(Br)cc2)C(C)C)CC1. The van der Waals surface area contributed by atoms with E-state index < -0.39 is 5.41 Å². The van der Waals surface area contributed by atoms with Crippen molar-refractivity contribution in [2.24, 2.45) is 5.92 Å². The summed E-state index contributed by atoms with van der Waals surface area (Å²) in [5, 5.41) is 14.6. The minimum absolute atomic E-state index is 0.170. The molecule has 1 aromatic rings. The molecular weight excluding hydrogens is 394 g/mol. The monoisotopic (exact) mass is 423 g/mol. The molecular formula is C19H30BrN5O. The fourth-order valence-electron chi connectivity index (χ4n) is 3.21. The van der Waals surface area contributed by atoms with E-state index in [0.717, 1.165) is 29.8 Å². The molecule has 2 rings (SSSR count). The van der Waals surface area contributed by atoms with Gasteiger partial charge in [-0.2, -0.15) is 0 Å². The first-order chi connectivity index (χ1) is 12.3. The van der Waals surface area contributed by atoms with Crippen LogP contribution in [0.25, 0.3) is 0 Å². The number of amidine groups is 1. The second-order valence-electron chi connectivity index (χ2n) is 7.29. The molecule has 0 aromatic heterocycles. The van der Waals surface area contributed by atoms with Gasteiger partial charge < -0.3 is 10.2 Å². The highest BCUT2D eigenvalue weighted by molar-refractivity contribution is 9.10. The fraction of sp³-hybridized carbons (Fsp3) is 0.579. The lowest BCUT2D eigenvalue weighted by molar-refractivity contribution is 0.137. The van der Waals surface area contributed by atoms with Gasteiger partial charge in [0.15, 0.2) is 0 Å². The fourth-order valence-corrected chi connectivity index (χ4v) is 3.48. The second-order valence-corrected chi connectivity index (χ2v) is 8.20. The Bertz CT molecular complexity index is 625. The summed E-state index contributed by atoms with van der Waals surface area (Å²) in [5.74, 6) is 0.418. The van der Waals surface area contributed by atoms with Crippen molar-refractivity contribution in [1.29, 1.82) is 5.41 Å². The van der Waals surface area contributed by atoms with Crippen molar-refractivity contribution in [3.05, 3.63) is 34.3 Å². The highest BCUT2D eigenvalue weighted by Crippen LogP contribution is 2.33. The Labute approximate surface area is 165 Å². The highest BCUT2D eigenvalue weighted by atomic mass is 79.9. The van der Waals surface area contributed by atoms with E-state index in [9.17, 15) is 4.79 Å². The van der Waals surface area contributed by atoms with E-state index in [1.807, 2.05) is 38.2 Å². The van der Waals surface area contributed by atoms with Gasteiger partial charge in [0.2, 0.25) is 0 Å². The van der Waals surface area contributed by atoms with E-state index in [2.05, 4.69) is 45.3 Å². The Morgan fingerprint density at radius 2 is 1.81 bits per heavy atom. The van der Waals surface area contributed by atoms with Gasteiger partial charge in [-0.15, -0.1) is 0 Å². The van der Waals surface area contributed by atoms with Gasteiger partial charge in [0.1, 0.15) is 5.84 Å². The molecule has 1 heterocycles. The number of benzene rings is 1. The largest absolute Gasteiger partial charge is 0.322 e. The molecule has 6 nitrogen and oxygen atoms in total. The molecule has 0 spiro atoms. The van der Waals surface area contributed by atoms with Crippen LogP contribution in [0.3, 0.4) is 0 Å². The van der Waals surface area contributed by atoms with Crippen LogP contribution in [0, 0.1) is 11.3 Å². The topological polar surface area (TPSA) is 71.5 Å².